The highest BCUT2D eigenvalue weighted by molar-refractivity contribution is 6.03. The van der Waals surface area contributed by atoms with Gasteiger partial charge >= 0.3 is 5.97 Å². The van der Waals surface area contributed by atoms with Crippen molar-refractivity contribution in [2.75, 3.05) is 0 Å². The lowest BCUT2D eigenvalue weighted by Gasteiger charge is -2.11. The average Bonchev–Trinajstić information content (AvgIpc) is 2.46. The van der Waals surface area contributed by atoms with Crippen molar-refractivity contribution in [2.24, 2.45) is 0 Å². The molecule has 0 aliphatic heterocycles. The lowest BCUT2D eigenvalue weighted by atomic mass is 10.1. The van der Waals surface area contributed by atoms with Crippen LogP contribution in [0.2, 0.25) is 0 Å². The summed E-state index contributed by atoms with van der Waals surface area (Å²) in [6, 6.07) is 5.77. The van der Waals surface area contributed by atoms with E-state index in [0.29, 0.717) is 0 Å². The van der Waals surface area contributed by atoms with Crippen LogP contribution in [0.1, 0.15) is 44.7 Å². The van der Waals surface area contributed by atoms with Gasteiger partial charge in [0.1, 0.15) is 12.4 Å². The van der Waals surface area contributed by atoms with Gasteiger partial charge in [0.25, 0.3) is 0 Å². The molecule has 0 unspecified atom stereocenters. The van der Waals surface area contributed by atoms with Gasteiger partial charge in [-0.15, -0.1) is 0 Å². The lowest BCUT2D eigenvalue weighted by Crippen LogP contribution is -2.13. The first-order valence-corrected chi connectivity index (χ1v) is 6.69. The normalized spacial score (nSPS) is 10.3. The Morgan fingerprint density at radius 3 is 2.41 bits per heavy atom. The molecule has 0 saturated carbocycles. The second kappa shape index (κ2) is 6.34. The number of benzene rings is 1. The highest BCUT2D eigenvalue weighted by Crippen LogP contribution is 2.23. The molecule has 0 amide bonds. The van der Waals surface area contributed by atoms with Gasteiger partial charge < -0.3 is 9.84 Å². The number of carboxylic acid groups (broad SMARTS) is 1. The van der Waals surface area contributed by atoms with Gasteiger partial charge in [0.15, 0.2) is 17.3 Å². The van der Waals surface area contributed by atoms with E-state index in [-0.39, 0.29) is 29.5 Å². The molecule has 2 aromatic rings. The van der Waals surface area contributed by atoms with E-state index in [9.17, 15) is 9.59 Å². The molecule has 0 spiro atoms. The number of ketones is 1. The number of carbonyl (C=O) groups excluding carboxylic acids is 1. The average molecular weight is 300 g/mol. The molecular weight excluding hydrogens is 284 g/mol. The summed E-state index contributed by atoms with van der Waals surface area (Å²) >= 11 is 0. The zero-order valence-electron chi connectivity index (χ0n) is 12.6. The van der Waals surface area contributed by atoms with Crippen LogP contribution in [0, 0.1) is 13.8 Å². The summed E-state index contributed by atoms with van der Waals surface area (Å²) < 4.78 is 5.69. The van der Waals surface area contributed by atoms with Gasteiger partial charge in [-0.25, -0.2) is 14.8 Å². The van der Waals surface area contributed by atoms with Crippen molar-refractivity contribution in [3.05, 3.63) is 52.6 Å². The number of aryl methyl sites for hydroxylation is 2. The number of ether oxygens (including phenoxy) is 1. The maximum Gasteiger partial charge on any atom is 0.355 e. The van der Waals surface area contributed by atoms with Crippen molar-refractivity contribution >= 4 is 11.8 Å². The van der Waals surface area contributed by atoms with Crippen molar-refractivity contribution in [1.82, 2.24) is 9.97 Å². The van der Waals surface area contributed by atoms with E-state index in [0.717, 1.165) is 16.9 Å². The molecule has 6 nitrogen and oxygen atoms in total. The Labute approximate surface area is 127 Å². The fraction of sp³-hybridized carbons (Fsp3) is 0.250. The van der Waals surface area contributed by atoms with Gasteiger partial charge in [-0.05, 0) is 31.9 Å². The Morgan fingerprint density at radius 1 is 1.23 bits per heavy atom. The summed E-state index contributed by atoms with van der Waals surface area (Å²) in [5, 5.41) is 9.13. The first kappa shape index (κ1) is 15.6. The number of nitrogens with zero attached hydrogens (tertiary/aromatic N) is 2. The van der Waals surface area contributed by atoms with Gasteiger partial charge in [-0.2, -0.15) is 0 Å². The maximum atomic E-state index is 11.4. The van der Waals surface area contributed by atoms with Crippen LogP contribution in [-0.4, -0.2) is 26.8 Å². The fourth-order valence-corrected chi connectivity index (χ4v) is 2.07. The largest absolute Gasteiger partial charge is 0.485 e. The van der Waals surface area contributed by atoms with Gasteiger partial charge in [-0.3, -0.25) is 4.79 Å². The predicted octanol–water partition coefficient (Wildman–Crippen LogP) is 2.57. The summed E-state index contributed by atoms with van der Waals surface area (Å²) in [5.41, 5.74) is 1.63. The molecule has 1 aromatic carbocycles. The number of hydrogen-bond donors (Lipinski definition) is 1. The minimum atomic E-state index is -1.26. The van der Waals surface area contributed by atoms with E-state index in [1.165, 1.54) is 13.1 Å². The highest BCUT2D eigenvalue weighted by atomic mass is 16.5. The summed E-state index contributed by atoms with van der Waals surface area (Å²) in [6.07, 6.45) is 1.22. The Kier molecular flexibility index (Phi) is 4.50. The number of aromatic nitrogens is 2. The monoisotopic (exact) mass is 300 g/mol. The van der Waals surface area contributed by atoms with Crippen molar-refractivity contribution in [3.63, 3.8) is 0 Å². The molecule has 1 N–H and O–H groups in total. The standard InChI is InChI=1S/C16H16N2O4/c1-9-5-4-6-10(2)15(9)22-8-13-17-7-12(11(3)19)14(18-13)16(20)21/h4-7H,8H2,1-3H3,(H,20,21). The molecule has 1 aromatic heterocycles. The minimum Gasteiger partial charge on any atom is -0.485 e. The van der Waals surface area contributed by atoms with E-state index in [2.05, 4.69) is 9.97 Å². The Balaban J connectivity index is 2.26. The van der Waals surface area contributed by atoms with E-state index >= 15 is 0 Å². The maximum absolute atomic E-state index is 11.4. The summed E-state index contributed by atoms with van der Waals surface area (Å²) in [7, 11) is 0. The molecule has 0 saturated heterocycles. The molecule has 0 atom stereocenters. The van der Waals surface area contributed by atoms with Crippen molar-refractivity contribution < 1.29 is 19.4 Å². The number of carbonyl (C=O) groups is 2. The van der Waals surface area contributed by atoms with Crippen LogP contribution in [0.4, 0.5) is 0 Å². The Hall–Kier alpha value is -2.76. The SMILES string of the molecule is CC(=O)c1cnc(COc2c(C)cccc2C)nc1C(=O)O. The van der Waals surface area contributed by atoms with Gasteiger partial charge in [0.05, 0.1) is 5.56 Å². The molecule has 22 heavy (non-hydrogen) atoms. The van der Waals surface area contributed by atoms with Crippen LogP contribution in [0.15, 0.2) is 24.4 Å². The van der Waals surface area contributed by atoms with Crippen LogP contribution in [0.5, 0.6) is 5.75 Å². The fourth-order valence-electron chi connectivity index (χ4n) is 2.07. The zero-order valence-corrected chi connectivity index (χ0v) is 12.6. The molecule has 1 heterocycles. The van der Waals surface area contributed by atoms with E-state index in [1.807, 2.05) is 32.0 Å². The molecule has 0 bridgehead atoms. The van der Waals surface area contributed by atoms with Gasteiger partial charge in [-0.1, -0.05) is 18.2 Å². The van der Waals surface area contributed by atoms with Gasteiger partial charge in [0.2, 0.25) is 0 Å². The molecular formula is C16H16N2O4. The first-order chi connectivity index (χ1) is 10.4. The van der Waals surface area contributed by atoms with Crippen molar-refractivity contribution in [2.45, 2.75) is 27.4 Å². The first-order valence-electron chi connectivity index (χ1n) is 6.69. The molecule has 0 aliphatic carbocycles. The summed E-state index contributed by atoms with van der Waals surface area (Å²) in [6.45, 7) is 5.15. The van der Waals surface area contributed by atoms with Crippen LogP contribution < -0.4 is 4.74 Å². The molecule has 0 aliphatic rings. The lowest BCUT2D eigenvalue weighted by molar-refractivity contribution is 0.0684. The Morgan fingerprint density at radius 2 is 1.86 bits per heavy atom. The molecule has 6 heteroatoms. The minimum absolute atomic E-state index is 0.0108. The second-order valence-electron chi connectivity index (χ2n) is 4.92. The number of aromatic carboxylic acids is 1. The molecule has 0 fully saturated rings. The summed E-state index contributed by atoms with van der Waals surface area (Å²) in [5.74, 6) is -0.718. The number of rotatable bonds is 5. The highest BCUT2D eigenvalue weighted by Gasteiger charge is 2.17. The quantitative estimate of drug-likeness (QED) is 0.854. The van der Waals surface area contributed by atoms with Crippen LogP contribution in [0.3, 0.4) is 0 Å². The number of hydrogen-bond acceptors (Lipinski definition) is 5. The third-order valence-electron chi connectivity index (χ3n) is 3.17. The van der Waals surface area contributed by atoms with Gasteiger partial charge in [0, 0.05) is 6.20 Å². The van der Waals surface area contributed by atoms with Crippen LogP contribution >= 0.6 is 0 Å². The second-order valence-corrected chi connectivity index (χ2v) is 4.92. The van der Waals surface area contributed by atoms with Crippen LogP contribution in [-0.2, 0) is 6.61 Å². The van der Waals surface area contributed by atoms with E-state index in [4.69, 9.17) is 9.84 Å². The molecule has 0 radical (unpaired) electrons. The smallest absolute Gasteiger partial charge is 0.355 e. The third kappa shape index (κ3) is 3.28. The summed E-state index contributed by atoms with van der Waals surface area (Å²) in [4.78, 5) is 30.5. The van der Waals surface area contributed by atoms with E-state index < -0.39 is 5.97 Å². The number of Topliss-reactive ketones (excluding diaryl/α,β-unsaturated/α-hetero) is 1. The molecule has 2 rings (SSSR count). The van der Waals surface area contributed by atoms with E-state index in [1.54, 1.807) is 0 Å². The van der Waals surface area contributed by atoms with Crippen molar-refractivity contribution in [1.29, 1.82) is 0 Å². The molecule has 114 valence electrons. The topological polar surface area (TPSA) is 89.4 Å². The number of para-hydroxylation sites is 1. The zero-order chi connectivity index (χ0) is 16.3. The third-order valence-corrected chi connectivity index (χ3v) is 3.17. The predicted molar refractivity (Wildman–Crippen MR) is 79.2 cm³/mol. The Bertz CT molecular complexity index is 721. The van der Waals surface area contributed by atoms with Crippen molar-refractivity contribution in [3.8, 4) is 5.75 Å². The number of carboxylic acids is 1. The van der Waals surface area contributed by atoms with Crippen LogP contribution in [0.25, 0.3) is 0 Å².